The predicted octanol–water partition coefficient (Wildman–Crippen LogP) is -0.384. The first-order valence-corrected chi connectivity index (χ1v) is 6.73. The van der Waals surface area contributed by atoms with Crippen molar-refractivity contribution in [3.63, 3.8) is 0 Å². The Hall–Kier alpha value is -0.950. The number of hydrogen-bond acceptors (Lipinski definition) is 4. The molecule has 15 heavy (non-hydrogen) atoms. The van der Waals surface area contributed by atoms with Gasteiger partial charge < -0.3 is 4.57 Å². The van der Waals surface area contributed by atoms with Crippen LogP contribution in [0.1, 0.15) is 18.6 Å². The number of rotatable bonds is 2. The van der Waals surface area contributed by atoms with Crippen LogP contribution in [-0.4, -0.2) is 40.3 Å². The SMILES string of the molecule is CCc1nnc2n1CCN(S(C)(=O)=O)C2. The highest BCUT2D eigenvalue weighted by Gasteiger charge is 2.25. The van der Waals surface area contributed by atoms with E-state index >= 15 is 0 Å². The Kier molecular flexibility index (Phi) is 2.51. The summed E-state index contributed by atoms with van der Waals surface area (Å²) in [5.74, 6) is 1.67. The van der Waals surface area contributed by atoms with Gasteiger partial charge in [-0.2, -0.15) is 4.31 Å². The Labute approximate surface area is 89.0 Å². The van der Waals surface area contributed by atoms with Crippen LogP contribution in [0.3, 0.4) is 0 Å². The van der Waals surface area contributed by atoms with E-state index in [0.717, 1.165) is 18.1 Å². The second kappa shape index (κ2) is 3.57. The first-order valence-electron chi connectivity index (χ1n) is 4.88. The molecule has 0 N–H and O–H groups in total. The summed E-state index contributed by atoms with van der Waals surface area (Å²) in [7, 11) is -3.11. The van der Waals surface area contributed by atoms with Crippen molar-refractivity contribution in [1.82, 2.24) is 19.1 Å². The van der Waals surface area contributed by atoms with Gasteiger partial charge in [-0.1, -0.05) is 6.92 Å². The normalized spacial score (nSPS) is 17.7. The van der Waals surface area contributed by atoms with E-state index in [1.807, 2.05) is 11.5 Å². The number of aryl methyl sites for hydroxylation is 1. The molecule has 84 valence electrons. The van der Waals surface area contributed by atoms with E-state index < -0.39 is 10.0 Å². The van der Waals surface area contributed by atoms with E-state index in [4.69, 9.17) is 0 Å². The second-order valence-corrected chi connectivity index (χ2v) is 5.62. The van der Waals surface area contributed by atoms with Gasteiger partial charge in [0, 0.05) is 19.5 Å². The molecule has 0 radical (unpaired) electrons. The predicted molar refractivity (Wildman–Crippen MR) is 54.7 cm³/mol. The summed E-state index contributed by atoms with van der Waals surface area (Å²) in [6, 6.07) is 0. The molecule has 1 aliphatic heterocycles. The molecule has 1 aromatic heterocycles. The molecule has 1 aliphatic rings. The Balaban J connectivity index is 2.29. The molecule has 0 saturated heterocycles. The van der Waals surface area contributed by atoms with Crippen LogP contribution in [0.4, 0.5) is 0 Å². The van der Waals surface area contributed by atoms with Crippen molar-refractivity contribution in [2.45, 2.75) is 26.4 Å². The second-order valence-electron chi connectivity index (χ2n) is 3.63. The van der Waals surface area contributed by atoms with Crippen molar-refractivity contribution in [2.24, 2.45) is 0 Å². The average molecular weight is 230 g/mol. The molecule has 0 aliphatic carbocycles. The largest absolute Gasteiger partial charge is 0.313 e. The van der Waals surface area contributed by atoms with Gasteiger partial charge in [-0.3, -0.25) is 0 Å². The van der Waals surface area contributed by atoms with Crippen LogP contribution >= 0.6 is 0 Å². The van der Waals surface area contributed by atoms with Crippen molar-refractivity contribution < 1.29 is 8.42 Å². The highest BCUT2D eigenvalue weighted by atomic mass is 32.2. The van der Waals surface area contributed by atoms with Gasteiger partial charge in [0.15, 0.2) is 0 Å². The lowest BCUT2D eigenvalue weighted by molar-refractivity contribution is 0.334. The number of aromatic nitrogens is 3. The monoisotopic (exact) mass is 230 g/mol. The maximum Gasteiger partial charge on any atom is 0.211 e. The zero-order chi connectivity index (χ0) is 11.1. The molecule has 0 amide bonds. The first kappa shape index (κ1) is 10.6. The van der Waals surface area contributed by atoms with Crippen LogP contribution in [0.15, 0.2) is 0 Å². The van der Waals surface area contributed by atoms with Crippen LogP contribution in [0, 0.1) is 0 Å². The number of nitrogens with zero attached hydrogens (tertiary/aromatic N) is 4. The molecular formula is C8H14N4O2S. The summed E-state index contributed by atoms with van der Waals surface area (Å²) in [5.41, 5.74) is 0. The zero-order valence-electron chi connectivity index (χ0n) is 8.84. The van der Waals surface area contributed by atoms with E-state index in [1.54, 1.807) is 0 Å². The van der Waals surface area contributed by atoms with E-state index in [0.29, 0.717) is 19.6 Å². The Morgan fingerprint density at radius 2 is 2.07 bits per heavy atom. The standard InChI is InChI=1S/C8H14N4O2S/c1-3-7-9-10-8-6-11(15(2,13)14)4-5-12(7)8/h3-6H2,1-2H3. The summed E-state index contributed by atoms with van der Waals surface area (Å²) in [6.07, 6.45) is 2.05. The molecule has 2 rings (SSSR count). The lowest BCUT2D eigenvalue weighted by Gasteiger charge is -2.25. The molecule has 0 aromatic carbocycles. The number of sulfonamides is 1. The van der Waals surface area contributed by atoms with Crippen molar-refractivity contribution in [1.29, 1.82) is 0 Å². The van der Waals surface area contributed by atoms with Gasteiger partial charge in [-0.05, 0) is 0 Å². The van der Waals surface area contributed by atoms with Crippen LogP contribution in [-0.2, 0) is 29.5 Å². The molecule has 6 nitrogen and oxygen atoms in total. The first-order chi connectivity index (χ1) is 7.02. The zero-order valence-corrected chi connectivity index (χ0v) is 9.66. The Morgan fingerprint density at radius 1 is 1.33 bits per heavy atom. The summed E-state index contributed by atoms with van der Waals surface area (Å²) < 4.78 is 26.1. The van der Waals surface area contributed by atoms with Crippen molar-refractivity contribution in [3.8, 4) is 0 Å². The van der Waals surface area contributed by atoms with Gasteiger partial charge in [0.1, 0.15) is 11.6 Å². The molecule has 7 heteroatoms. The summed E-state index contributed by atoms with van der Waals surface area (Å²) in [6.45, 7) is 3.52. The van der Waals surface area contributed by atoms with Crippen molar-refractivity contribution in [3.05, 3.63) is 11.6 Å². The highest BCUT2D eigenvalue weighted by molar-refractivity contribution is 7.88. The topological polar surface area (TPSA) is 68.1 Å². The molecule has 0 unspecified atom stereocenters. The van der Waals surface area contributed by atoms with Gasteiger partial charge in [-0.15, -0.1) is 10.2 Å². The third-order valence-corrected chi connectivity index (χ3v) is 3.83. The lowest BCUT2D eigenvalue weighted by Crippen LogP contribution is -2.38. The molecule has 0 bridgehead atoms. The van der Waals surface area contributed by atoms with Gasteiger partial charge in [-0.25, -0.2) is 8.42 Å². The molecule has 1 aromatic rings. The fraction of sp³-hybridized carbons (Fsp3) is 0.750. The van der Waals surface area contributed by atoms with Crippen LogP contribution in [0.2, 0.25) is 0 Å². The molecule has 0 atom stereocenters. The fourth-order valence-corrected chi connectivity index (χ4v) is 2.50. The molecular weight excluding hydrogens is 216 g/mol. The third-order valence-electron chi connectivity index (χ3n) is 2.58. The molecule has 0 spiro atoms. The third kappa shape index (κ3) is 1.89. The minimum Gasteiger partial charge on any atom is -0.313 e. The quantitative estimate of drug-likeness (QED) is 0.694. The van der Waals surface area contributed by atoms with Gasteiger partial charge in [0.2, 0.25) is 10.0 Å². The van der Waals surface area contributed by atoms with Gasteiger partial charge >= 0.3 is 0 Å². The number of fused-ring (bicyclic) bond motifs is 1. The maximum absolute atomic E-state index is 11.3. The minimum absolute atomic E-state index is 0.339. The van der Waals surface area contributed by atoms with Crippen molar-refractivity contribution >= 4 is 10.0 Å². The Morgan fingerprint density at radius 3 is 2.67 bits per heavy atom. The number of hydrogen-bond donors (Lipinski definition) is 0. The molecule has 0 fully saturated rings. The molecule has 2 heterocycles. The highest BCUT2D eigenvalue weighted by Crippen LogP contribution is 2.14. The molecule has 0 saturated carbocycles. The van der Waals surface area contributed by atoms with E-state index in [2.05, 4.69) is 10.2 Å². The van der Waals surface area contributed by atoms with Gasteiger partial charge in [0.05, 0.1) is 12.8 Å². The maximum atomic E-state index is 11.3. The summed E-state index contributed by atoms with van der Waals surface area (Å²) in [4.78, 5) is 0. The van der Waals surface area contributed by atoms with E-state index in [1.165, 1.54) is 10.6 Å². The summed E-state index contributed by atoms with van der Waals surface area (Å²) >= 11 is 0. The van der Waals surface area contributed by atoms with E-state index in [-0.39, 0.29) is 0 Å². The van der Waals surface area contributed by atoms with Crippen LogP contribution in [0.25, 0.3) is 0 Å². The Bertz CT molecular complexity index is 465. The van der Waals surface area contributed by atoms with E-state index in [9.17, 15) is 8.42 Å². The van der Waals surface area contributed by atoms with Crippen molar-refractivity contribution in [2.75, 3.05) is 12.8 Å². The van der Waals surface area contributed by atoms with Crippen LogP contribution < -0.4 is 0 Å². The summed E-state index contributed by atoms with van der Waals surface area (Å²) in [5, 5.41) is 8.02. The van der Waals surface area contributed by atoms with Gasteiger partial charge in [0.25, 0.3) is 0 Å². The van der Waals surface area contributed by atoms with Crippen LogP contribution in [0.5, 0.6) is 0 Å². The fourth-order valence-electron chi connectivity index (χ4n) is 1.74. The lowest BCUT2D eigenvalue weighted by atomic mass is 10.4. The minimum atomic E-state index is -3.11. The average Bonchev–Trinajstić information content (AvgIpc) is 2.58. The smallest absolute Gasteiger partial charge is 0.211 e.